The van der Waals surface area contributed by atoms with Crippen LogP contribution >= 0.6 is 11.8 Å². The van der Waals surface area contributed by atoms with Crippen LogP contribution in [0.3, 0.4) is 0 Å². The third kappa shape index (κ3) is 3.55. The van der Waals surface area contributed by atoms with Crippen LogP contribution in [0.15, 0.2) is 30.3 Å². The summed E-state index contributed by atoms with van der Waals surface area (Å²) in [6.07, 6.45) is 5.12. The molecule has 1 aliphatic rings. The number of carbonyl (C=O) groups excluding carboxylic acids is 1. The Hall–Kier alpha value is -1.00. The number of carbonyl (C=O) groups is 1. The number of rotatable bonds is 8. The zero-order valence-corrected chi connectivity index (χ0v) is 13.0. The van der Waals surface area contributed by atoms with Crippen LogP contribution in [0.2, 0.25) is 0 Å². The molecule has 3 nitrogen and oxygen atoms in total. The quantitative estimate of drug-likeness (QED) is 0.748. The summed E-state index contributed by atoms with van der Waals surface area (Å²) in [6.45, 7) is 2.28. The largest absolute Gasteiger partial charge is 0.464 e. The number of thioether (sulfide) groups is 1. The van der Waals surface area contributed by atoms with Gasteiger partial charge < -0.3 is 4.74 Å². The zero-order chi connectivity index (χ0) is 14.4. The van der Waals surface area contributed by atoms with E-state index in [1.54, 1.807) is 11.8 Å². The SMILES string of the molecule is CCOC(=O)C(CCSC)(NC1CC1)c1ccccc1. The first-order valence-electron chi connectivity index (χ1n) is 7.22. The van der Waals surface area contributed by atoms with Crippen LogP contribution in [0.25, 0.3) is 0 Å². The van der Waals surface area contributed by atoms with Crippen molar-refractivity contribution in [3.63, 3.8) is 0 Å². The van der Waals surface area contributed by atoms with E-state index in [0.717, 1.165) is 30.6 Å². The second kappa shape index (κ2) is 7.14. The first kappa shape index (κ1) is 15.4. The Morgan fingerprint density at radius 3 is 2.65 bits per heavy atom. The average Bonchev–Trinajstić information content (AvgIpc) is 3.28. The highest BCUT2D eigenvalue weighted by molar-refractivity contribution is 7.98. The summed E-state index contributed by atoms with van der Waals surface area (Å²) in [5, 5.41) is 3.55. The van der Waals surface area contributed by atoms with Crippen molar-refractivity contribution in [2.45, 2.75) is 37.8 Å². The monoisotopic (exact) mass is 293 g/mol. The van der Waals surface area contributed by atoms with Crippen molar-refractivity contribution in [3.8, 4) is 0 Å². The summed E-state index contributed by atoms with van der Waals surface area (Å²) in [6, 6.07) is 10.4. The molecule has 0 aromatic heterocycles. The van der Waals surface area contributed by atoms with Gasteiger partial charge >= 0.3 is 5.97 Å². The molecule has 0 aliphatic heterocycles. The molecule has 1 saturated carbocycles. The van der Waals surface area contributed by atoms with E-state index in [0.29, 0.717) is 12.6 Å². The van der Waals surface area contributed by atoms with E-state index < -0.39 is 5.54 Å². The summed E-state index contributed by atoms with van der Waals surface area (Å²) in [7, 11) is 0. The molecule has 1 aromatic rings. The molecule has 0 heterocycles. The van der Waals surface area contributed by atoms with Crippen molar-refractivity contribution >= 4 is 17.7 Å². The summed E-state index contributed by atoms with van der Waals surface area (Å²) >= 11 is 1.76. The highest BCUT2D eigenvalue weighted by Gasteiger charge is 2.44. The van der Waals surface area contributed by atoms with Gasteiger partial charge in [-0.05, 0) is 43.8 Å². The Bertz CT molecular complexity index is 433. The number of ether oxygens (including phenoxy) is 1. The Kier molecular flexibility index (Phi) is 5.49. The van der Waals surface area contributed by atoms with Gasteiger partial charge in [0.15, 0.2) is 0 Å². The van der Waals surface area contributed by atoms with Gasteiger partial charge in [0.1, 0.15) is 5.54 Å². The Morgan fingerprint density at radius 1 is 1.40 bits per heavy atom. The lowest BCUT2D eigenvalue weighted by Gasteiger charge is -2.33. The summed E-state index contributed by atoms with van der Waals surface area (Å²) in [5.41, 5.74) is 0.320. The summed E-state index contributed by atoms with van der Waals surface area (Å²) in [4.78, 5) is 12.6. The van der Waals surface area contributed by atoms with E-state index in [9.17, 15) is 4.79 Å². The average molecular weight is 293 g/mol. The van der Waals surface area contributed by atoms with Crippen LogP contribution in [0, 0.1) is 0 Å². The molecule has 20 heavy (non-hydrogen) atoms. The predicted octanol–water partition coefficient (Wildman–Crippen LogP) is 2.95. The van der Waals surface area contributed by atoms with Crippen molar-refractivity contribution < 1.29 is 9.53 Å². The maximum absolute atomic E-state index is 12.6. The fraction of sp³-hybridized carbons (Fsp3) is 0.562. The van der Waals surface area contributed by atoms with Crippen molar-refractivity contribution in [2.24, 2.45) is 0 Å². The number of benzene rings is 1. The number of nitrogens with one attached hydrogen (secondary N) is 1. The number of hydrogen-bond acceptors (Lipinski definition) is 4. The van der Waals surface area contributed by atoms with Gasteiger partial charge in [-0.1, -0.05) is 30.3 Å². The van der Waals surface area contributed by atoms with Crippen molar-refractivity contribution in [2.75, 3.05) is 18.6 Å². The zero-order valence-electron chi connectivity index (χ0n) is 12.2. The molecule has 1 aromatic carbocycles. The molecule has 0 spiro atoms. The molecule has 2 rings (SSSR count). The standard InChI is InChI=1S/C16H23NO2S/c1-3-19-15(18)16(11-12-20-2,17-14-9-10-14)13-7-5-4-6-8-13/h4-8,14,17H,3,9-12H2,1-2H3. The highest BCUT2D eigenvalue weighted by atomic mass is 32.2. The third-order valence-corrected chi connectivity index (χ3v) is 4.21. The van der Waals surface area contributed by atoms with Crippen LogP contribution in [0.4, 0.5) is 0 Å². The minimum absolute atomic E-state index is 0.146. The molecule has 1 unspecified atom stereocenters. The highest BCUT2D eigenvalue weighted by Crippen LogP contribution is 2.33. The van der Waals surface area contributed by atoms with E-state index >= 15 is 0 Å². The molecular weight excluding hydrogens is 270 g/mol. The molecule has 1 N–H and O–H groups in total. The number of esters is 1. The number of hydrogen-bond donors (Lipinski definition) is 1. The summed E-state index contributed by atoms with van der Waals surface area (Å²) in [5.74, 6) is 0.778. The van der Waals surface area contributed by atoms with Gasteiger partial charge in [0.2, 0.25) is 0 Å². The molecular formula is C16H23NO2S. The van der Waals surface area contributed by atoms with Gasteiger partial charge in [0.05, 0.1) is 6.61 Å². The van der Waals surface area contributed by atoms with Gasteiger partial charge in [-0.2, -0.15) is 11.8 Å². The smallest absolute Gasteiger partial charge is 0.331 e. The molecule has 0 amide bonds. The minimum atomic E-state index is -0.693. The molecule has 0 saturated heterocycles. The predicted molar refractivity (Wildman–Crippen MR) is 83.9 cm³/mol. The van der Waals surface area contributed by atoms with E-state index in [4.69, 9.17) is 4.74 Å². The van der Waals surface area contributed by atoms with Crippen LogP contribution < -0.4 is 5.32 Å². The molecule has 110 valence electrons. The fourth-order valence-electron chi connectivity index (χ4n) is 2.39. The molecule has 0 radical (unpaired) electrons. The lowest BCUT2D eigenvalue weighted by molar-refractivity contribution is -0.152. The molecule has 1 fully saturated rings. The fourth-order valence-corrected chi connectivity index (χ4v) is 2.90. The molecule has 4 heteroatoms. The molecule has 1 aliphatic carbocycles. The maximum Gasteiger partial charge on any atom is 0.331 e. The second-order valence-electron chi connectivity index (χ2n) is 5.15. The Balaban J connectivity index is 2.33. The van der Waals surface area contributed by atoms with Gasteiger partial charge in [0.25, 0.3) is 0 Å². The van der Waals surface area contributed by atoms with Crippen molar-refractivity contribution in [3.05, 3.63) is 35.9 Å². The van der Waals surface area contributed by atoms with Crippen LogP contribution in [0.1, 0.15) is 31.7 Å². The van der Waals surface area contributed by atoms with Crippen molar-refractivity contribution in [1.82, 2.24) is 5.32 Å². The Labute approximate surface area is 125 Å². The van der Waals surface area contributed by atoms with E-state index in [-0.39, 0.29) is 5.97 Å². The minimum Gasteiger partial charge on any atom is -0.464 e. The van der Waals surface area contributed by atoms with E-state index in [1.165, 1.54) is 0 Å². The van der Waals surface area contributed by atoms with Gasteiger partial charge in [-0.3, -0.25) is 5.32 Å². The lowest BCUT2D eigenvalue weighted by atomic mass is 9.87. The van der Waals surface area contributed by atoms with Crippen LogP contribution in [-0.4, -0.2) is 30.6 Å². The first-order valence-corrected chi connectivity index (χ1v) is 8.61. The van der Waals surface area contributed by atoms with Crippen LogP contribution in [-0.2, 0) is 15.1 Å². The Morgan fingerprint density at radius 2 is 2.10 bits per heavy atom. The van der Waals surface area contributed by atoms with E-state index in [2.05, 4.69) is 11.6 Å². The van der Waals surface area contributed by atoms with Crippen LogP contribution in [0.5, 0.6) is 0 Å². The third-order valence-electron chi connectivity index (χ3n) is 3.60. The van der Waals surface area contributed by atoms with Gasteiger partial charge in [-0.25, -0.2) is 4.79 Å². The van der Waals surface area contributed by atoms with Gasteiger partial charge in [0, 0.05) is 6.04 Å². The lowest BCUT2D eigenvalue weighted by Crippen LogP contribution is -2.51. The summed E-state index contributed by atoms with van der Waals surface area (Å²) < 4.78 is 5.38. The normalized spacial score (nSPS) is 17.5. The van der Waals surface area contributed by atoms with Gasteiger partial charge in [-0.15, -0.1) is 0 Å². The first-order chi connectivity index (χ1) is 9.73. The van der Waals surface area contributed by atoms with Crippen molar-refractivity contribution in [1.29, 1.82) is 0 Å². The maximum atomic E-state index is 12.6. The molecule has 0 bridgehead atoms. The topological polar surface area (TPSA) is 38.3 Å². The molecule has 1 atom stereocenters. The second-order valence-corrected chi connectivity index (χ2v) is 6.14. The van der Waals surface area contributed by atoms with E-state index in [1.807, 2.05) is 37.3 Å².